The monoisotopic (exact) mass is 359 g/mol. The van der Waals surface area contributed by atoms with E-state index >= 15 is 0 Å². The number of amides is 1. The molecule has 26 heavy (non-hydrogen) atoms. The van der Waals surface area contributed by atoms with Gasteiger partial charge >= 0.3 is 0 Å². The summed E-state index contributed by atoms with van der Waals surface area (Å²) in [4.78, 5) is 14.7. The normalized spacial score (nSPS) is 11.5. The molecule has 0 N–H and O–H groups in total. The first-order valence-electron chi connectivity index (χ1n) is 8.18. The molecule has 6 nitrogen and oxygen atoms in total. The summed E-state index contributed by atoms with van der Waals surface area (Å²) < 4.78 is 21.4. The molecule has 1 unspecified atom stereocenters. The average Bonchev–Trinajstić information content (AvgIpc) is 2.70. The first-order chi connectivity index (χ1) is 12.5. The molecule has 0 radical (unpaired) electrons. The molecule has 0 aromatic heterocycles. The van der Waals surface area contributed by atoms with Crippen molar-refractivity contribution < 1.29 is 23.7 Å². The molecule has 140 valence electrons. The molecule has 0 aliphatic heterocycles. The Bertz CT molecular complexity index is 750. The van der Waals surface area contributed by atoms with E-state index in [4.69, 9.17) is 18.9 Å². The van der Waals surface area contributed by atoms with Crippen LogP contribution in [0.5, 0.6) is 23.0 Å². The van der Waals surface area contributed by atoms with Gasteiger partial charge in [0, 0.05) is 18.2 Å². The first-order valence-corrected chi connectivity index (χ1v) is 8.18. The fourth-order valence-corrected chi connectivity index (χ4v) is 2.80. The summed E-state index contributed by atoms with van der Waals surface area (Å²) in [5.41, 5.74) is 1.38. The van der Waals surface area contributed by atoms with Gasteiger partial charge < -0.3 is 23.8 Å². The molecule has 0 bridgehead atoms. The van der Waals surface area contributed by atoms with Crippen molar-refractivity contribution in [2.75, 3.05) is 35.5 Å². The largest absolute Gasteiger partial charge is 0.496 e. The van der Waals surface area contributed by atoms with Crippen molar-refractivity contribution in [1.82, 2.24) is 4.90 Å². The minimum atomic E-state index is -0.183. The zero-order chi connectivity index (χ0) is 19.3. The van der Waals surface area contributed by atoms with Crippen LogP contribution in [0.1, 0.15) is 28.9 Å². The van der Waals surface area contributed by atoms with Crippen LogP contribution in [-0.4, -0.2) is 46.3 Å². The van der Waals surface area contributed by atoms with Crippen molar-refractivity contribution in [3.63, 3.8) is 0 Å². The Hall–Kier alpha value is -2.89. The summed E-state index contributed by atoms with van der Waals surface area (Å²) in [7, 11) is 7.94. The van der Waals surface area contributed by atoms with Crippen molar-refractivity contribution in [1.29, 1.82) is 0 Å². The maximum Gasteiger partial charge on any atom is 0.254 e. The van der Waals surface area contributed by atoms with E-state index in [1.807, 2.05) is 31.2 Å². The van der Waals surface area contributed by atoms with Gasteiger partial charge in [-0.15, -0.1) is 0 Å². The molecule has 1 amide bonds. The molecule has 0 heterocycles. The molecule has 0 fully saturated rings. The average molecular weight is 359 g/mol. The van der Waals surface area contributed by atoms with Gasteiger partial charge in [-0.2, -0.15) is 0 Å². The second-order valence-electron chi connectivity index (χ2n) is 5.75. The number of methoxy groups -OCH3 is 4. The summed E-state index contributed by atoms with van der Waals surface area (Å²) >= 11 is 0. The van der Waals surface area contributed by atoms with Crippen LogP contribution in [0.4, 0.5) is 0 Å². The lowest BCUT2D eigenvalue weighted by Gasteiger charge is -2.27. The number of carbonyl (C=O) groups excluding carboxylic acids is 1. The van der Waals surface area contributed by atoms with E-state index in [1.165, 1.54) is 21.3 Å². The third-order valence-corrected chi connectivity index (χ3v) is 4.40. The Morgan fingerprint density at radius 1 is 0.885 bits per heavy atom. The van der Waals surface area contributed by atoms with Crippen LogP contribution in [0.15, 0.2) is 36.4 Å². The molecule has 1 atom stereocenters. The van der Waals surface area contributed by atoms with E-state index in [1.54, 1.807) is 31.2 Å². The van der Waals surface area contributed by atoms with Gasteiger partial charge in [-0.3, -0.25) is 4.79 Å². The summed E-state index contributed by atoms with van der Waals surface area (Å²) in [6.45, 7) is 1.95. The van der Waals surface area contributed by atoms with Crippen LogP contribution >= 0.6 is 0 Å². The van der Waals surface area contributed by atoms with Crippen LogP contribution in [0, 0.1) is 0 Å². The standard InChI is InChI=1S/C20H25NO5/c1-13(15-9-7-8-10-16(15)23-3)21(2)20(22)14-11-17(24-4)19(26-6)18(12-14)25-5/h7-13H,1-6H3. The first kappa shape index (κ1) is 19.4. The lowest BCUT2D eigenvalue weighted by Crippen LogP contribution is -2.30. The maximum atomic E-state index is 13.0. The second-order valence-corrected chi connectivity index (χ2v) is 5.75. The zero-order valence-electron chi connectivity index (χ0n) is 16.0. The fraction of sp³-hybridized carbons (Fsp3) is 0.350. The van der Waals surface area contributed by atoms with Gasteiger partial charge in [0.15, 0.2) is 11.5 Å². The van der Waals surface area contributed by atoms with E-state index in [9.17, 15) is 4.79 Å². The minimum absolute atomic E-state index is 0.164. The van der Waals surface area contributed by atoms with E-state index < -0.39 is 0 Å². The van der Waals surface area contributed by atoms with Crippen molar-refractivity contribution >= 4 is 5.91 Å². The number of ether oxygens (including phenoxy) is 4. The smallest absolute Gasteiger partial charge is 0.254 e. The predicted molar refractivity (Wildman–Crippen MR) is 99.6 cm³/mol. The number of benzene rings is 2. The fourth-order valence-electron chi connectivity index (χ4n) is 2.80. The van der Waals surface area contributed by atoms with Gasteiger partial charge in [-0.25, -0.2) is 0 Å². The van der Waals surface area contributed by atoms with E-state index in [0.717, 1.165) is 11.3 Å². The van der Waals surface area contributed by atoms with Gasteiger partial charge in [0.2, 0.25) is 5.75 Å². The number of carbonyl (C=O) groups is 1. The quantitative estimate of drug-likeness (QED) is 0.757. The Morgan fingerprint density at radius 2 is 1.42 bits per heavy atom. The van der Waals surface area contributed by atoms with Crippen molar-refractivity contribution in [2.45, 2.75) is 13.0 Å². The Kier molecular flexibility index (Phi) is 6.33. The molecular weight excluding hydrogens is 334 g/mol. The van der Waals surface area contributed by atoms with Crippen molar-refractivity contribution in [2.24, 2.45) is 0 Å². The van der Waals surface area contributed by atoms with E-state index in [0.29, 0.717) is 22.8 Å². The lowest BCUT2D eigenvalue weighted by molar-refractivity contribution is 0.0740. The Morgan fingerprint density at radius 3 is 1.92 bits per heavy atom. The van der Waals surface area contributed by atoms with Crippen LogP contribution in [0.2, 0.25) is 0 Å². The van der Waals surface area contributed by atoms with Crippen LogP contribution in [0.3, 0.4) is 0 Å². The molecule has 2 aromatic rings. The third-order valence-electron chi connectivity index (χ3n) is 4.40. The summed E-state index contributed by atoms with van der Waals surface area (Å²) in [6.07, 6.45) is 0. The highest BCUT2D eigenvalue weighted by Crippen LogP contribution is 2.39. The second kappa shape index (κ2) is 8.47. The summed E-state index contributed by atoms with van der Waals surface area (Å²) in [5, 5.41) is 0. The van der Waals surface area contributed by atoms with Gasteiger partial charge in [-0.1, -0.05) is 18.2 Å². The zero-order valence-corrected chi connectivity index (χ0v) is 16.0. The SMILES string of the molecule is COc1ccccc1C(C)N(C)C(=O)c1cc(OC)c(OC)c(OC)c1. The topological polar surface area (TPSA) is 57.2 Å². The highest BCUT2D eigenvalue weighted by Gasteiger charge is 2.24. The molecule has 0 aliphatic carbocycles. The number of rotatable bonds is 7. The molecule has 2 aromatic carbocycles. The van der Waals surface area contributed by atoms with Crippen LogP contribution in [0.25, 0.3) is 0 Å². The molecular formula is C20H25NO5. The number of hydrogen-bond donors (Lipinski definition) is 0. The lowest BCUT2D eigenvalue weighted by atomic mass is 10.0. The predicted octanol–water partition coefficient (Wildman–Crippen LogP) is 3.55. The summed E-state index contributed by atoms with van der Waals surface area (Å²) in [5.74, 6) is 1.90. The van der Waals surface area contributed by atoms with Crippen LogP contribution < -0.4 is 18.9 Å². The van der Waals surface area contributed by atoms with Crippen molar-refractivity contribution in [3.8, 4) is 23.0 Å². The molecule has 6 heteroatoms. The summed E-state index contributed by atoms with van der Waals surface area (Å²) in [6, 6.07) is 10.8. The number of nitrogens with zero attached hydrogens (tertiary/aromatic N) is 1. The van der Waals surface area contributed by atoms with Crippen LogP contribution in [-0.2, 0) is 0 Å². The minimum Gasteiger partial charge on any atom is -0.496 e. The van der Waals surface area contributed by atoms with Gasteiger partial charge in [0.25, 0.3) is 5.91 Å². The molecule has 2 rings (SSSR count). The number of hydrogen-bond acceptors (Lipinski definition) is 5. The maximum absolute atomic E-state index is 13.0. The van der Waals surface area contributed by atoms with E-state index in [-0.39, 0.29) is 11.9 Å². The van der Waals surface area contributed by atoms with Crippen molar-refractivity contribution in [3.05, 3.63) is 47.5 Å². The third kappa shape index (κ3) is 3.69. The Labute approximate surface area is 154 Å². The molecule has 0 aliphatic rings. The highest BCUT2D eigenvalue weighted by molar-refractivity contribution is 5.95. The molecule has 0 saturated heterocycles. The number of para-hydroxylation sites is 1. The van der Waals surface area contributed by atoms with E-state index in [2.05, 4.69) is 0 Å². The van der Waals surface area contributed by atoms with Gasteiger partial charge in [0.05, 0.1) is 34.5 Å². The highest BCUT2D eigenvalue weighted by atomic mass is 16.5. The molecule has 0 saturated carbocycles. The van der Waals surface area contributed by atoms with Gasteiger partial charge in [-0.05, 0) is 25.1 Å². The Balaban J connectivity index is 2.38. The van der Waals surface area contributed by atoms with Gasteiger partial charge in [0.1, 0.15) is 5.75 Å². The molecule has 0 spiro atoms.